The molecular weight excluding hydrogens is 196 g/mol. The standard InChI is InChI=1S/C10H20N2O3/c1-4-12(6-5-10(14)15)7-9(13)11-8(2)3/h8H,4-7H2,1-3H3,(H,11,13)(H,14,15). The van der Waals surface area contributed by atoms with Crippen LogP contribution in [0.2, 0.25) is 0 Å². The second kappa shape index (κ2) is 7.23. The maximum Gasteiger partial charge on any atom is 0.304 e. The molecule has 0 aliphatic heterocycles. The molecule has 0 radical (unpaired) electrons. The number of carbonyl (C=O) groups is 2. The predicted molar refractivity (Wildman–Crippen MR) is 57.6 cm³/mol. The van der Waals surface area contributed by atoms with Gasteiger partial charge in [0.15, 0.2) is 0 Å². The van der Waals surface area contributed by atoms with Gasteiger partial charge in [0, 0.05) is 12.6 Å². The Morgan fingerprint density at radius 2 is 2.00 bits per heavy atom. The Labute approximate surface area is 90.5 Å². The number of carboxylic acids is 1. The number of nitrogens with one attached hydrogen (secondary N) is 1. The first kappa shape index (κ1) is 13.9. The fraction of sp³-hybridized carbons (Fsp3) is 0.800. The Bertz CT molecular complexity index is 217. The van der Waals surface area contributed by atoms with Crippen molar-refractivity contribution in [3.05, 3.63) is 0 Å². The van der Waals surface area contributed by atoms with Gasteiger partial charge >= 0.3 is 5.97 Å². The highest BCUT2D eigenvalue weighted by Gasteiger charge is 2.10. The molecule has 5 heteroatoms. The number of likely N-dealkylation sites (N-methyl/N-ethyl adjacent to an activating group) is 1. The molecule has 0 aliphatic carbocycles. The molecule has 0 saturated carbocycles. The summed E-state index contributed by atoms with van der Waals surface area (Å²) in [5.41, 5.74) is 0. The van der Waals surface area contributed by atoms with E-state index in [1.807, 2.05) is 25.7 Å². The smallest absolute Gasteiger partial charge is 0.304 e. The van der Waals surface area contributed by atoms with Crippen LogP contribution in [0.25, 0.3) is 0 Å². The van der Waals surface area contributed by atoms with E-state index in [0.717, 1.165) is 0 Å². The summed E-state index contributed by atoms with van der Waals surface area (Å²) in [7, 11) is 0. The minimum absolute atomic E-state index is 0.0581. The maximum atomic E-state index is 11.4. The number of carbonyl (C=O) groups excluding carboxylic acids is 1. The lowest BCUT2D eigenvalue weighted by atomic mass is 10.3. The number of rotatable bonds is 7. The first-order valence-electron chi connectivity index (χ1n) is 5.19. The fourth-order valence-electron chi connectivity index (χ4n) is 1.17. The first-order valence-corrected chi connectivity index (χ1v) is 5.19. The molecular formula is C10H20N2O3. The second-order valence-electron chi connectivity index (χ2n) is 3.73. The topological polar surface area (TPSA) is 69.6 Å². The minimum Gasteiger partial charge on any atom is -0.481 e. The van der Waals surface area contributed by atoms with Crippen LogP contribution >= 0.6 is 0 Å². The lowest BCUT2D eigenvalue weighted by Crippen LogP contribution is -2.40. The van der Waals surface area contributed by atoms with Crippen molar-refractivity contribution in [2.75, 3.05) is 19.6 Å². The van der Waals surface area contributed by atoms with Gasteiger partial charge in [-0.15, -0.1) is 0 Å². The molecule has 0 aromatic rings. The van der Waals surface area contributed by atoms with Crippen LogP contribution < -0.4 is 5.32 Å². The third-order valence-electron chi connectivity index (χ3n) is 1.91. The van der Waals surface area contributed by atoms with E-state index < -0.39 is 5.97 Å². The molecule has 15 heavy (non-hydrogen) atoms. The molecule has 0 aromatic heterocycles. The van der Waals surface area contributed by atoms with Gasteiger partial charge in [0.05, 0.1) is 13.0 Å². The summed E-state index contributed by atoms with van der Waals surface area (Å²) in [5.74, 6) is -0.894. The Morgan fingerprint density at radius 1 is 1.40 bits per heavy atom. The van der Waals surface area contributed by atoms with E-state index in [1.54, 1.807) is 0 Å². The summed E-state index contributed by atoms with van der Waals surface area (Å²) in [6.45, 7) is 7.06. The van der Waals surface area contributed by atoms with Crippen LogP contribution in [-0.4, -0.2) is 47.6 Å². The SMILES string of the molecule is CCN(CCC(=O)O)CC(=O)NC(C)C. The molecule has 0 unspecified atom stereocenters. The molecule has 5 nitrogen and oxygen atoms in total. The van der Waals surface area contributed by atoms with E-state index in [-0.39, 0.29) is 24.9 Å². The summed E-state index contributed by atoms with van der Waals surface area (Å²) in [6, 6.07) is 0.121. The zero-order valence-corrected chi connectivity index (χ0v) is 9.62. The Balaban J connectivity index is 3.87. The van der Waals surface area contributed by atoms with E-state index in [4.69, 9.17) is 5.11 Å². The predicted octanol–water partition coefficient (Wildman–Crippen LogP) is 0.308. The van der Waals surface area contributed by atoms with Gasteiger partial charge in [0.25, 0.3) is 0 Å². The van der Waals surface area contributed by atoms with Crippen LogP contribution in [0.1, 0.15) is 27.2 Å². The van der Waals surface area contributed by atoms with Crippen molar-refractivity contribution in [3.8, 4) is 0 Å². The molecule has 0 spiro atoms. The van der Waals surface area contributed by atoms with Crippen molar-refractivity contribution < 1.29 is 14.7 Å². The van der Waals surface area contributed by atoms with Crippen LogP contribution in [0.5, 0.6) is 0 Å². The molecule has 88 valence electrons. The van der Waals surface area contributed by atoms with Crippen LogP contribution in [0, 0.1) is 0 Å². The van der Waals surface area contributed by atoms with Crippen molar-refractivity contribution in [2.45, 2.75) is 33.2 Å². The molecule has 0 bridgehead atoms. The van der Waals surface area contributed by atoms with Crippen molar-refractivity contribution in [3.63, 3.8) is 0 Å². The minimum atomic E-state index is -0.835. The molecule has 0 saturated heterocycles. The van der Waals surface area contributed by atoms with E-state index in [2.05, 4.69) is 5.32 Å². The van der Waals surface area contributed by atoms with Crippen molar-refractivity contribution in [1.29, 1.82) is 0 Å². The number of aliphatic carboxylic acids is 1. The highest BCUT2D eigenvalue weighted by Crippen LogP contribution is 1.92. The lowest BCUT2D eigenvalue weighted by molar-refractivity contribution is -0.137. The van der Waals surface area contributed by atoms with E-state index in [1.165, 1.54) is 0 Å². The Morgan fingerprint density at radius 3 is 2.40 bits per heavy atom. The third kappa shape index (κ3) is 7.93. The zero-order chi connectivity index (χ0) is 11.8. The molecule has 0 heterocycles. The summed E-state index contributed by atoms with van der Waals surface area (Å²) in [4.78, 5) is 23.5. The molecule has 2 N–H and O–H groups in total. The van der Waals surface area contributed by atoms with Gasteiger partial charge in [-0.25, -0.2) is 0 Å². The van der Waals surface area contributed by atoms with Gasteiger partial charge in [0.2, 0.25) is 5.91 Å². The van der Waals surface area contributed by atoms with Gasteiger partial charge < -0.3 is 10.4 Å². The molecule has 0 atom stereocenters. The number of hydrogen-bond acceptors (Lipinski definition) is 3. The highest BCUT2D eigenvalue weighted by molar-refractivity contribution is 5.78. The largest absolute Gasteiger partial charge is 0.481 e. The summed E-state index contributed by atoms with van der Waals surface area (Å²) >= 11 is 0. The van der Waals surface area contributed by atoms with Gasteiger partial charge in [-0.2, -0.15) is 0 Å². The number of hydrogen-bond donors (Lipinski definition) is 2. The van der Waals surface area contributed by atoms with Crippen molar-refractivity contribution in [1.82, 2.24) is 10.2 Å². The summed E-state index contributed by atoms with van der Waals surface area (Å²) in [6.07, 6.45) is 0.0722. The molecule has 0 fully saturated rings. The lowest BCUT2D eigenvalue weighted by Gasteiger charge is -2.19. The third-order valence-corrected chi connectivity index (χ3v) is 1.91. The maximum absolute atomic E-state index is 11.4. The van der Waals surface area contributed by atoms with Gasteiger partial charge in [-0.1, -0.05) is 6.92 Å². The van der Waals surface area contributed by atoms with Crippen LogP contribution in [0.3, 0.4) is 0 Å². The molecule has 0 aromatic carbocycles. The fourth-order valence-corrected chi connectivity index (χ4v) is 1.17. The quantitative estimate of drug-likeness (QED) is 0.642. The van der Waals surface area contributed by atoms with Gasteiger partial charge in [0.1, 0.15) is 0 Å². The average molecular weight is 216 g/mol. The zero-order valence-electron chi connectivity index (χ0n) is 9.62. The van der Waals surface area contributed by atoms with Crippen molar-refractivity contribution in [2.24, 2.45) is 0 Å². The van der Waals surface area contributed by atoms with Gasteiger partial charge in [-0.3, -0.25) is 14.5 Å². The number of carboxylic acid groups (broad SMARTS) is 1. The highest BCUT2D eigenvalue weighted by atomic mass is 16.4. The van der Waals surface area contributed by atoms with Gasteiger partial charge in [-0.05, 0) is 20.4 Å². The van der Waals surface area contributed by atoms with Crippen molar-refractivity contribution >= 4 is 11.9 Å². The Hall–Kier alpha value is -1.10. The van der Waals surface area contributed by atoms with Crippen LogP contribution in [0.4, 0.5) is 0 Å². The number of nitrogens with zero attached hydrogens (tertiary/aromatic N) is 1. The van der Waals surface area contributed by atoms with E-state index in [0.29, 0.717) is 13.1 Å². The first-order chi connectivity index (χ1) is 6.95. The number of amides is 1. The van der Waals surface area contributed by atoms with E-state index in [9.17, 15) is 9.59 Å². The van der Waals surface area contributed by atoms with Crippen LogP contribution in [-0.2, 0) is 9.59 Å². The molecule has 1 amide bonds. The monoisotopic (exact) mass is 216 g/mol. The second-order valence-corrected chi connectivity index (χ2v) is 3.73. The molecule has 0 rings (SSSR count). The normalized spacial score (nSPS) is 10.7. The summed E-state index contributed by atoms with van der Waals surface area (Å²) in [5, 5.41) is 11.3. The summed E-state index contributed by atoms with van der Waals surface area (Å²) < 4.78 is 0. The molecule has 0 aliphatic rings. The van der Waals surface area contributed by atoms with E-state index >= 15 is 0 Å². The van der Waals surface area contributed by atoms with Crippen LogP contribution in [0.15, 0.2) is 0 Å². The Kier molecular flexibility index (Phi) is 6.70. The average Bonchev–Trinajstić information content (AvgIpc) is 2.10.